The van der Waals surface area contributed by atoms with Gasteiger partial charge in [-0.3, -0.25) is 9.78 Å². The van der Waals surface area contributed by atoms with Gasteiger partial charge >= 0.3 is 0 Å². The van der Waals surface area contributed by atoms with E-state index in [9.17, 15) is 4.79 Å². The molecule has 7 heteroatoms. The number of amides is 1. The number of ether oxygens (including phenoxy) is 3. The molecule has 0 aliphatic carbocycles. The number of carbonyl (C=O) groups excluding carboxylic acids is 1. The summed E-state index contributed by atoms with van der Waals surface area (Å²) in [6.45, 7) is 8.74. The van der Waals surface area contributed by atoms with Crippen LogP contribution in [0.5, 0.6) is 17.2 Å². The maximum atomic E-state index is 12.6. The van der Waals surface area contributed by atoms with Crippen LogP contribution >= 0.6 is 0 Å². The lowest BCUT2D eigenvalue weighted by Gasteiger charge is -2.16. The number of hydrazone groups is 1. The topological polar surface area (TPSA) is 82.0 Å². The van der Waals surface area contributed by atoms with Gasteiger partial charge in [-0.05, 0) is 45.9 Å². The van der Waals surface area contributed by atoms with Crippen LogP contribution in [0.3, 0.4) is 0 Å². The molecule has 1 heterocycles. The van der Waals surface area contributed by atoms with E-state index in [1.165, 1.54) is 0 Å². The molecular formula is C20H25N3O4. The van der Waals surface area contributed by atoms with Crippen LogP contribution < -0.4 is 19.6 Å². The normalized spacial score (nSPS) is 11.0. The summed E-state index contributed by atoms with van der Waals surface area (Å²) in [6.07, 6.45) is 3.36. The fourth-order valence-corrected chi connectivity index (χ4v) is 2.36. The first kappa shape index (κ1) is 20.2. The van der Waals surface area contributed by atoms with Gasteiger partial charge < -0.3 is 14.2 Å². The molecule has 2 aromatic rings. The Balaban J connectivity index is 2.29. The van der Waals surface area contributed by atoms with Gasteiger partial charge in [0.1, 0.15) is 0 Å². The number of aromatic nitrogens is 1. The number of nitrogens with one attached hydrogen (secondary N) is 1. The first-order valence-electron chi connectivity index (χ1n) is 8.92. The summed E-state index contributed by atoms with van der Waals surface area (Å²) in [6, 6.07) is 6.93. The Hall–Kier alpha value is -3.09. The first-order valence-corrected chi connectivity index (χ1v) is 8.92. The third kappa shape index (κ3) is 5.44. The molecule has 27 heavy (non-hydrogen) atoms. The highest BCUT2D eigenvalue weighted by Gasteiger charge is 2.18. The van der Waals surface area contributed by atoms with Crippen LogP contribution in [0.2, 0.25) is 0 Å². The van der Waals surface area contributed by atoms with Gasteiger partial charge in [0.2, 0.25) is 5.75 Å². The number of rotatable bonds is 9. The van der Waals surface area contributed by atoms with Gasteiger partial charge in [-0.2, -0.15) is 5.10 Å². The Morgan fingerprint density at radius 2 is 1.67 bits per heavy atom. The SMILES string of the molecule is CCOc1cc(C(=O)NN=C(C)c2cccnc2)cc(OCC)c1OCC. The third-order valence-corrected chi connectivity index (χ3v) is 3.58. The molecule has 0 radical (unpaired) electrons. The summed E-state index contributed by atoms with van der Waals surface area (Å²) in [5.41, 5.74) is 4.40. The van der Waals surface area contributed by atoms with Gasteiger partial charge in [0.15, 0.2) is 11.5 Å². The number of pyridine rings is 1. The Bertz CT molecular complexity index is 764. The van der Waals surface area contributed by atoms with Gasteiger partial charge in [-0.15, -0.1) is 0 Å². The maximum Gasteiger partial charge on any atom is 0.271 e. The van der Waals surface area contributed by atoms with E-state index >= 15 is 0 Å². The van der Waals surface area contributed by atoms with E-state index in [0.717, 1.165) is 5.56 Å². The first-order chi connectivity index (χ1) is 13.1. The monoisotopic (exact) mass is 371 g/mol. The maximum absolute atomic E-state index is 12.6. The summed E-state index contributed by atoms with van der Waals surface area (Å²) < 4.78 is 16.9. The highest BCUT2D eigenvalue weighted by atomic mass is 16.5. The molecule has 1 N–H and O–H groups in total. The standard InChI is InChI=1S/C20H25N3O4/c1-5-25-17-11-16(12-18(26-6-2)19(17)27-7-3)20(24)23-22-14(4)15-9-8-10-21-13-15/h8-13H,5-7H2,1-4H3,(H,23,24). The molecule has 0 aliphatic rings. The van der Waals surface area contributed by atoms with Crippen LogP contribution in [-0.4, -0.2) is 36.4 Å². The van der Waals surface area contributed by atoms with Gasteiger partial charge in [0, 0.05) is 23.5 Å². The van der Waals surface area contributed by atoms with E-state index in [4.69, 9.17) is 14.2 Å². The van der Waals surface area contributed by atoms with E-state index in [-0.39, 0.29) is 5.91 Å². The van der Waals surface area contributed by atoms with Crippen LogP contribution in [0, 0.1) is 0 Å². The zero-order valence-corrected chi connectivity index (χ0v) is 16.1. The molecule has 1 amide bonds. The van der Waals surface area contributed by atoms with Crippen LogP contribution in [0.25, 0.3) is 0 Å². The molecular weight excluding hydrogens is 346 g/mol. The highest BCUT2D eigenvalue weighted by Crippen LogP contribution is 2.39. The number of benzene rings is 1. The Labute approximate surface area is 159 Å². The van der Waals surface area contributed by atoms with Gasteiger partial charge in [0.05, 0.1) is 25.5 Å². The number of nitrogens with zero attached hydrogens (tertiary/aromatic N) is 2. The van der Waals surface area contributed by atoms with Crippen LogP contribution in [0.15, 0.2) is 41.8 Å². The van der Waals surface area contributed by atoms with Crippen LogP contribution in [-0.2, 0) is 0 Å². The van der Waals surface area contributed by atoms with Crippen molar-refractivity contribution >= 4 is 11.6 Å². The summed E-state index contributed by atoms with van der Waals surface area (Å²) in [5, 5.41) is 4.15. The smallest absolute Gasteiger partial charge is 0.271 e. The van der Waals surface area contributed by atoms with E-state index in [2.05, 4.69) is 15.5 Å². The average molecular weight is 371 g/mol. The molecule has 0 spiro atoms. The van der Waals surface area contributed by atoms with Crippen LogP contribution in [0.4, 0.5) is 0 Å². The average Bonchev–Trinajstić information content (AvgIpc) is 2.69. The summed E-state index contributed by atoms with van der Waals surface area (Å²) in [5.74, 6) is 1.04. The summed E-state index contributed by atoms with van der Waals surface area (Å²) in [7, 11) is 0. The zero-order chi connectivity index (χ0) is 19.6. The van der Waals surface area contributed by atoms with E-state index in [0.29, 0.717) is 48.3 Å². The summed E-state index contributed by atoms with van der Waals surface area (Å²) >= 11 is 0. The second kappa shape index (κ2) is 10.2. The van der Waals surface area contributed by atoms with Gasteiger partial charge in [-0.1, -0.05) is 6.07 Å². The highest BCUT2D eigenvalue weighted by molar-refractivity contribution is 6.01. The minimum Gasteiger partial charge on any atom is -0.490 e. The zero-order valence-electron chi connectivity index (χ0n) is 16.1. The molecule has 1 aromatic heterocycles. The molecule has 0 bridgehead atoms. The lowest BCUT2D eigenvalue weighted by molar-refractivity contribution is 0.0953. The molecule has 0 saturated heterocycles. The Morgan fingerprint density at radius 1 is 1.04 bits per heavy atom. The largest absolute Gasteiger partial charge is 0.490 e. The van der Waals surface area contributed by atoms with Crippen molar-refractivity contribution in [3.8, 4) is 17.2 Å². The number of carbonyl (C=O) groups is 1. The number of hydrogen-bond acceptors (Lipinski definition) is 6. The van der Waals surface area contributed by atoms with Crippen molar-refractivity contribution in [3.05, 3.63) is 47.8 Å². The Kier molecular flexibility index (Phi) is 7.61. The predicted octanol–water partition coefficient (Wildman–Crippen LogP) is 3.43. The minimum atomic E-state index is -0.372. The fourth-order valence-electron chi connectivity index (χ4n) is 2.36. The predicted molar refractivity (Wildman–Crippen MR) is 104 cm³/mol. The van der Waals surface area contributed by atoms with Crippen molar-refractivity contribution in [3.63, 3.8) is 0 Å². The third-order valence-electron chi connectivity index (χ3n) is 3.58. The van der Waals surface area contributed by atoms with Crippen molar-refractivity contribution < 1.29 is 19.0 Å². The van der Waals surface area contributed by atoms with Crippen LogP contribution in [0.1, 0.15) is 43.6 Å². The second-order valence-corrected chi connectivity index (χ2v) is 5.48. The molecule has 2 rings (SSSR count). The molecule has 144 valence electrons. The Morgan fingerprint density at radius 3 is 2.19 bits per heavy atom. The fraction of sp³-hybridized carbons (Fsp3) is 0.350. The van der Waals surface area contributed by atoms with Crippen molar-refractivity contribution in [2.24, 2.45) is 5.10 Å². The van der Waals surface area contributed by atoms with Gasteiger partial charge in [0.25, 0.3) is 5.91 Å². The van der Waals surface area contributed by atoms with E-state index in [1.54, 1.807) is 31.5 Å². The molecule has 0 fully saturated rings. The summed E-state index contributed by atoms with van der Waals surface area (Å²) in [4.78, 5) is 16.6. The van der Waals surface area contributed by atoms with Gasteiger partial charge in [-0.25, -0.2) is 5.43 Å². The number of hydrogen-bond donors (Lipinski definition) is 1. The van der Waals surface area contributed by atoms with Crippen molar-refractivity contribution in [1.82, 2.24) is 10.4 Å². The minimum absolute atomic E-state index is 0.369. The quantitative estimate of drug-likeness (QED) is 0.539. The van der Waals surface area contributed by atoms with Crippen molar-refractivity contribution in [1.29, 1.82) is 0 Å². The molecule has 0 unspecified atom stereocenters. The van der Waals surface area contributed by atoms with Crippen molar-refractivity contribution in [2.45, 2.75) is 27.7 Å². The molecule has 0 saturated carbocycles. The second-order valence-electron chi connectivity index (χ2n) is 5.48. The molecule has 1 aromatic carbocycles. The molecule has 0 atom stereocenters. The molecule has 0 aliphatic heterocycles. The molecule has 7 nitrogen and oxygen atoms in total. The van der Waals surface area contributed by atoms with E-state index in [1.807, 2.05) is 32.9 Å². The van der Waals surface area contributed by atoms with Crippen molar-refractivity contribution in [2.75, 3.05) is 19.8 Å². The lowest BCUT2D eigenvalue weighted by atomic mass is 10.1. The lowest BCUT2D eigenvalue weighted by Crippen LogP contribution is -2.20. The van der Waals surface area contributed by atoms with E-state index < -0.39 is 0 Å².